The fourth-order valence-electron chi connectivity index (χ4n) is 2.97. The van der Waals surface area contributed by atoms with E-state index in [2.05, 4.69) is 29.2 Å². The lowest BCUT2D eigenvalue weighted by Gasteiger charge is -2.34. The van der Waals surface area contributed by atoms with E-state index in [1.165, 1.54) is 0 Å². The molecule has 2 fully saturated rings. The molecular weight excluding hydrogens is 250 g/mol. The van der Waals surface area contributed by atoms with Gasteiger partial charge in [-0.25, -0.2) is 0 Å². The Bertz CT molecular complexity index is 259. The van der Waals surface area contributed by atoms with Crippen LogP contribution in [0, 0.1) is 5.92 Å². The van der Waals surface area contributed by atoms with Gasteiger partial charge in [0.1, 0.15) is 0 Å². The number of rotatable bonds is 3. The van der Waals surface area contributed by atoms with E-state index in [-0.39, 0.29) is 18.4 Å². The van der Waals surface area contributed by atoms with Crippen LogP contribution in [-0.4, -0.2) is 62.0 Å². The minimum absolute atomic E-state index is 0. The molecule has 1 N–H and O–H groups in total. The molecule has 2 saturated heterocycles. The third-order valence-electron chi connectivity index (χ3n) is 3.91. The van der Waals surface area contributed by atoms with E-state index in [1.54, 1.807) is 0 Å². The molecule has 1 atom stereocenters. The van der Waals surface area contributed by atoms with E-state index in [9.17, 15) is 4.79 Å². The highest BCUT2D eigenvalue weighted by Gasteiger charge is 2.29. The van der Waals surface area contributed by atoms with Crippen molar-refractivity contribution in [3.05, 3.63) is 0 Å². The zero-order chi connectivity index (χ0) is 12.3. The van der Waals surface area contributed by atoms with Crippen LogP contribution in [0.3, 0.4) is 0 Å². The molecule has 1 amide bonds. The first kappa shape index (κ1) is 15.7. The van der Waals surface area contributed by atoms with Crippen LogP contribution < -0.4 is 5.32 Å². The minimum Gasteiger partial charge on any atom is -0.341 e. The van der Waals surface area contributed by atoms with Gasteiger partial charge in [0.2, 0.25) is 5.91 Å². The summed E-state index contributed by atoms with van der Waals surface area (Å²) in [5, 5.41) is 3.30. The summed E-state index contributed by atoms with van der Waals surface area (Å²) in [5.41, 5.74) is 0. The summed E-state index contributed by atoms with van der Waals surface area (Å²) in [5.74, 6) is 1.11. The van der Waals surface area contributed by atoms with E-state index >= 15 is 0 Å². The van der Waals surface area contributed by atoms with E-state index in [0.717, 1.165) is 57.8 Å². The molecule has 0 saturated carbocycles. The number of carbonyl (C=O) groups excluding carboxylic acids is 1. The first-order valence-corrected chi connectivity index (χ1v) is 6.83. The first-order valence-electron chi connectivity index (χ1n) is 6.83. The molecule has 2 rings (SSSR count). The second-order valence-corrected chi connectivity index (χ2v) is 5.68. The van der Waals surface area contributed by atoms with Gasteiger partial charge in [-0.1, -0.05) is 0 Å². The highest BCUT2D eigenvalue weighted by atomic mass is 35.5. The summed E-state index contributed by atoms with van der Waals surface area (Å²) in [7, 11) is 4.25. The molecule has 0 aromatic carbocycles. The van der Waals surface area contributed by atoms with Gasteiger partial charge in [-0.15, -0.1) is 12.4 Å². The van der Waals surface area contributed by atoms with Gasteiger partial charge in [0.05, 0.1) is 6.04 Å². The number of likely N-dealkylation sites (tertiary alicyclic amines) is 1. The van der Waals surface area contributed by atoms with Crippen molar-refractivity contribution in [3.63, 3.8) is 0 Å². The molecule has 0 aromatic heterocycles. The van der Waals surface area contributed by atoms with Crippen molar-refractivity contribution >= 4 is 18.3 Å². The summed E-state index contributed by atoms with van der Waals surface area (Å²) < 4.78 is 0. The van der Waals surface area contributed by atoms with Crippen LogP contribution in [0.2, 0.25) is 0 Å². The lowest BCUT2D eigenvalue weighted by atomic mass is 9.96. The maximum Gasteiger partial charge on any atom is 0.239 e. The Morgan fingerprint density at radius 1 is 1.28 bits per heavy atom. The average Bonchev–Trinajstić information content (AvgIpc) is 2.82. The van der Waals surface area contributed by atoms with Gasteiger partial charge >= 0.3 is 0 Å². The number of hydrogen-bond acceptors (Lipinski definition) is 3. The van der Waals surface area contributed by atoms with E-state index < -0.39 is 0 Å². The monoisotopic (exact) mass is 275 g/mol. The van der Waals surface area contributed by atoms with E-state index in [1.807, 2.05) is 0 Å². The molecule has 0 aliphatic carbocycles. The standard InChI is InChI=1S/C13H25N3O.ClH/c1-15(2)10-11-5-8-16(9-6-11)13(17)12-4-3-7-14-12;/h11-12,14H,3-10H2,1-2H3;1H. The summed E-state index contributed by atoms with van der Waals surface area (Å²) >= 11 is 0. The largest absolute Gasteiger partial charge is 0.341 e. The second kappa shape index (κ2) is 7.31. The van der Waals surface area contributed by atoms with Crippen molar-refractivity contribution in [2.45, 2.75) is 31.7 Å². The van der Waals surface area contributed by atoms with Crippen LogP contribution in [0.25, 0.3) is 0 Å². The SMILES string of the molecule is CN(C)CC1CCN(C(=O)C2CCCN2)CC1.Cl. The van der Waals surface area contributed by atoms with E-state index in [0.29, 0.717) is 5.91 Å². The molecule has 106 valence electrons. The molecule has 18 heavy (non-hydrogen) atoms. The zero-order valence-electron chi connectivity index (χ0n) is 11.5. The number of nitrogens with one attached hydrogen (secondary N) is 1. The smallest absolute Gasteiger partial charge is 0.239 e. The van der Waals surface area contributed by atoms with Crippen LogP contribution in [0.4, 0.5) is 0 Å². The predicted octanol–water partition coefficient (Wildman–Crippen LogP) is 0.960. The molecule has 4 nitrogen and oxygen atoms in total. The summed E-state index contributed by atoms with van der Waals surface area (Å²) in [6, 6.07) is 0.111. The van der Waals surface area contributed by atoms with Crippen molar-refractivity contribution < 1.29 is 4.79 Å². The molecule has 2 aliphatic rings. The Morgan fingerprint density at radius 2 is 1.94 bits per heavy atom. The third kappa shape index (κ3) is 4.11. The Hall–Kier alpha value is -0.320. The summed E-state index contributed by atoms with van der Waals surface area (Å²) in [4.78, 5) is 16.5. The molecule has 2 aliphatic heterocycles. The Morgan fingerprint density at radius 3 is 2.44 bits per heavy atom. The maximum atomic E-state index is 12.2. The molecule has 0 radical (unpaired) electrons. The number of hydrogen-bond donors (Lipinski definition) is 1. The van der Waals surface area contributed by atoms with E-state index in [4.69, 9.17) is 0 Å². The number of halogens is 1. The van der Waals surface area contributed by atoms with Crippen LogP contribution in [-0.2, 0) is 4.79 Å². The topological polar surface area (TPSA) is 35.6 Å². The molecular formula is C13H26ClN3O. The Balaban J connectivity index is 0.00000162. The van der Waals surface area contributed by atoms with Crippen molar-refractivity contribution in [1.29, 1.82) is 0 Å². The van der Waals surface area contributed by atoms with Gasteiger partial charge in [0.25, 0.3) is 0 Å². The van der Waals surface area contributed by atoms with Gasteiger partial charge in [-0.05, 0) is 52.2 Å². The zero-order valence-corrected chi connectivity index (χ0v) is 12.3. The molecule has 1 unspecified atom stereocenters. The van der Waals surface area contributed by atoms with Gasteiger partial charge in [0, 0.05) is 19.6 Å². The van der Waals surface area contributed by atoms with Gasteiger partial charge in [0.15, 0.2) is 0 Å². The molecule has 0 bridgehead atoms. The summed E-state index contributed by atoms with van der Waals surface area (Å²) in [6.45, 7) is 4.07. The average molecular weight is 276 g/mol. The Kier molecular flexibility index (Phi) is 6.39. The van der Waals surface area contributed by atoms with Crippen molar-refractivity contribution in [1.82, 2.24) is 15.1 Å². The quantitative estimate of drug-likeness (QED) is 0.833. The highest BCUT2D eigenvalue weighted by molar-refractivity contribution is 5.85. The number of nitrogens with zero attached hydrogens (tertiary/aromatic N) is 2. The molecule has 2 heterocycles. The minimum atomic E-state index is 0. The molecule has 0 spiro atoms. The van der Waals surface area contributed by atoms with Crippen molar-refractivity contribution in [2.75, 3.05) is 40.3 Å². The Labute approximate surface area is 116 Å². The molecule has 0 aromatic rings. The van der Waals surface area contributed by atoms with Crippen molar-refractivity contribution in [2.24, 2.45) is 5.92 Å². The lowest BCUT2D eigenvalue weighted by molar-refractivity contribution is -0.134. The number of amides is 1. The lowest BCUT2D eigenvalue weighted by Crippen LogP contribution is -2.47. The highest BCUT2D eigenvalue weighted by Crippen LogP contribution is 2.19. The van der Waals surface area contributed by atoms with Crippen LogP contribution in [0.1, 0.15) is 25.7 Å². The van der Waals surface area contributed by atoms with Crippen LogP contribution >= 0.6 is 12.4 Å². The second-order valence-electron chi connectivity index (χ2n) is 5.68. The molecule has 5 heteroatoms. The fourth-order valence-corrected chi connectivity index (χ4v) is 2.97. The van der Waals surface area contributed by atoms with Gasteiger partial charge in [-0.3, -0.25) is 4.79 Å². The normalized spacial score (nSPS) is 25.3. The first-order chi connectivity index (χ1) is 8.16. The van der Waals surface area contributed by atoms with Gasteiger partial charge < -0.3 is 15.1 Å². The van der Waals surface area contributed by atoms with Crippen molar-refractivity contribution in [3.8, 4) is 0 Å². The maximum absolute atomic E-state index is 12.2. The predicted molar refractivity (Wildman–Crippen MR) is 76.1 cm³/mol. The fraction of sp³-hybridized carbons (Fsp3) is 0.923. The van der Waals surface area contributed by atoms with Crippen LogP contribution in [0.5, 0.6) is 0 Å². The third-order valence-corrected chi connectivity index (χ3v) is 3.91. The van der Waals surface area contributed by atoms with Gasteiger partial charge in [-0.2, -0.15) is 0 Å². The van der Waals surface area contributed by atoms with Crippen LogP contribution in [0.15, 0.2) is 0 Å². The summed E-state index contributed by atoms with van der Waals surface area (Å²) in [6.07, 6.45) is 4.50. The number of piperidine rings is 1. The number of carbonyl (C=O) groups is 1.